The third kappa shape index (κ3) is 2.24. The van der Waals surface area contributed by atoms with Crippen LogP contribution >= 0.6 is 11.6 Å². The zero-order valence-corrected chi connectivity index (χ0v) is 10.9. The smallest absolute Gasteiger partial charge is 0.234 e. The van der Waals surface area contributed by atoms with Crippen molar-refractivity contribution in [1.29, 1.82) is 0 Å². The highest BCUT2D eigenvalue weighted by atomic mass is 35.5. The molecule has 0 radical (unpaired) electrons. The summed E-state index contributed by atoms with van der Waals surface area (Å²) in [4.78, 5) is 0. The van der Waals surface area contributed by atoms with E-state index >= 15 is 0 Å². The predicted molar refractivity (Wildman–Crippen MR) is 63.6 cm³/mol. The average Bonchev–Trinajstić information content (AvgIpc) is 2.65. The molecule has 1 heterocycles. The van der Waals surface area contributed by atoms with E-state index in [9.17, 15) is 0 Å². The van der Waals surface area contributed by atoms with E-state index in [4.69, 9.17) is 16.0 Å². The monoisotopic (exact) mass is 242 g/mol. The van der Waals surface area contributed by atoms with Crippen LogP contribution in [0.1, 0.15) is 69.5 Å². The molecule has 1 aliphatic carbocycles. The molecule has 2 rings (SSSR count). The normalized spacial score (nSPS) is 26.6. The maximum Gasteiger partial charge on any atom is 0.234 e. The lowest BCUT2D eigenvalue weighted by Gasteiger charge is -2.36. The molecule has 1 fully saturated rings. The van der Waals surface area contributed by atoms with Crippen LogP contribution in [0.25, 0.3) is 0 Å². The summed E-state index contributed by atoms with van der Waals surface area (Å²) in [6.45, 7) is 6.42. The van der Waals surface area contributed by atoms with Crippen LogP contribution in [-0.2, 0) is 0 Å². The van der Waals surface area contributed by atoms with E-state index in [0.29, 0.717) is 11.8 Å². The Morgan fingerprint density at radius 3 is 2.69 bits per heavy atom. The molecule has 1 saturated carbocycles. The van der Waals surface area contributed by atoms with Gasteiger partial charge in [-0.15, -0.1) is 21.8 Å². The topological polar surface area (TPSA) is 38.9 Å². The average molecular weight is 243 g/mol. The minimum absolute atomic E-state index is 0.201. The van der Waals surface area contributed by atoms with Crippen molar-refractivity contribution < 1.29 is 4.42 Å². The fraction of sp³-hybridized carbons (Fsp3) is 0.833. The van der Waals surface area contributed by atoms with Crippen molar-refractivity contribution in [3.05, 3.63) is 11.8 Å². The number of rotatable bonds is 2. The van der Waals surface area contributed by atoms with Gasteiger partial charge in [-0.3, -0.25) is 0 Å². The Bertz CT molecular complexity index is 360. The first-order chi connectivity index (χ1) is 7.50. The van der Waals surface area contributed by atoms with E-state index in [1.807, 2.05) is 6.92 Å². The molecule has 2 unspecified atom stereocenters. The van der Waals surface area contributed by atoms with Gasteiger partial charge in [0.25, 0.3) is 0 Å². The van der Waals surface area contributed by atoms with Crippen LogP contribution in [-0.4, -0.2) is 10.2 Å². The summed E-state index contributed by atoms with van der Waals surface area (Å²) in [7, 11) is 0. The van der Waals surface area contributed by atoms with Gasteiger partial charge in [0, 0.05) is 5.92 Å². The van der Waals surface area contributed by atoms with Gasteiger partial charge < -0.3 is 4.42 Å². The Labute approximate surface area is 102 Å². The van der Waals surface area contributed by atoms with E-state index in [1.165, 1.54) is 19.3 Å². The van der Waals surface area contributed by atoms with Crippen molar-refractivity contribution in [2.75, 3.05) is 0 Å². The zero-order chi connectivity index (χ0) is 11.8. The Kier molecular flexibility index (Phi) is 3.24. The summed E-state index contributed by atoms with van der Waals surface area (Å²) in [6.07, 6.45) is 4.93. The number of hydrogen-bond donors (Lipinski definition) is 0. The predicted octanol–water partition coefficient (Wildman–Crippen LogP) is 4.05. The molecule has 0 amide bonds. The molecular weight excluding hydrogens is 224 g/mol. The fourth-order valence-corrected chi connectivity index (χ4v) is 2.59. The van der Waals surface area contributed by atoms with Crippen molar-refractivity contribution in [2.45, 2.75) is 57.7 Å². The Morgan fingerprint density at radius 2 is 2.12 bits per heavy atom. The first kappa shape index (κ1) is 11.9. The van der Waals surface area contributed by atoms with Crippen LogP contribution in [0.5, 0.6) is 0 Å². The first-order valence-electron chi connectivity index (χ1n) is 5.98. The van der Waals surface area contributed by atoms with Gasteiger partial charge in [0.1, 0.15) is 5.38 Å². The lowest BCUT2D eigenvalue weighted by molar-refractivity contribution is 0.171. The standard InChI is InChI=1S/C12H19ClN2O/c1-8(13)10-14-15-11(16-10)9-6-4-5-7-12(9,2)3/h8-9H,4-7H2,1-3H3. The third-order valence-electron chi connectivity index (χ3n) is 3.60. The van der Waals surface area contributed by atoms with Gasteiger partial charge in [-0.2, -0.15) is 0 Å². The number of nitrogens with zero attached hydrogens (tertiary/aromatic N) is 2. The molecule has 0 aliphatic heterocycles. The molecule has 4 heteroatoms. The van der Waals surface area contributed by atoms with Crippen molar-refractivity contribution in [3.63, 3.8) is 0 Å². The Hall–Kier alpha value is -0.570. The molecule has 16 heavy (non-hydrogen) atoms. The van der Waals surface area contributed by atoms with Crippen molar-refractivity contribution in [3.8, 4) is 0 Å². The number of aromatic nitrogens is 2. The van der Waals surface area contributed by atoms with E-state index < -0.39 is 0 Å². The van der Waals surface area contributed by atoms with Crippen LogP contribution in [0, 0.1) is 5.41 Å². The summed E-state index contributed by atoms with van der Waals surface area (Å²) in [5, 5.41) is 7.96. The summed E-state index contributed by atoms with van der Waals surface area (Å²) in [6, 6.07) is 0. The van der Waals surface area contributed by atoms with Gasteiger partial charge in [-0.1, -0.05) is 26.7 Å². The minimum Gasteiger partial charge on any atom is -0.423 e. The van der Waals surface area contributed by atoms with Crippen molar-refractivity contribution in [1.82, 2.24) is 10.2 Å². The molecule has 1 aromatic rings. The molecule has 0 aromatic carbocycles. The SMILES string of the molecule is CC(Cl)c1nnc(C2CCCCC2(C)C)o1. The van der Waals surface area contributed by atoms with Crippen LogP contribution in [0.3, 0.4) is 0 Å². The van der Waals surface area contributed by atoms with E-state index in [0.717, 1.165) is 12.3 Å². The molecule has 0 spiro atoms. The van der Waals surface area contributed by atoms with Gasteiger partial charge in [0.15, 0.2) is 0 Å². The summed E-state index contributed by atoms with van der Waals surface area (Å²) in [5.41, 5.74) is 0.262. The van der Waals surface area contributed by atoms with Gasteiger partial charge in [0.2, 0.25) is 11.8 Å². The van der Waals surface area contributed by atoms with E-state index in [1.54, 1.807) is 0 Å². The van der Waals surface area contributed by atoms with Crippen LogP contribution in [0.2, 0.25) is 0 Å². The lowest BCUT2D eigenvalue weighted by Crippen LogP contribution is -2.26. The number of hydrogen-bond acceptors (Lipinski definition) is 3. The second-order valence-corrected chi connectivity index (χ2v) is 6.04. The quantitative estimate of drug-likeness (QED) is 0.735. The lowest BCUT2D eigenvalue weighted by atomic mass is 9.69. The molecule has 3 nitrogen and oxygen atoms in total. The molecule has 1 aliphatic rings. The highest BCUT2D eigenvalue weighted by Gasteiger charge is 2.36. The second kappa shape index (κ2) is 4.36. The molecule has 0 bridgehead atoms. The Balaban J connectivity index is 2.21. The molecular formula is C12H19ClN2O. The van der Waals surface area contributed by atoms with Crippen LogP contribution in [0.15, 0.2) is 4.42 Å². The summed E-state index contributed by atoms with van der Waals surface area (Å²) < 4.78 is 5.67. The largest absolute Gasteiger partial charge is 0.423 e. The van der Waals surface area contributed by atoms with Crippen LogP contribution < -0.4 is 0 Å². The summed E-state index contributed by atoms with van der Waals surface area (Å²) in [5.74, 6) is 1.70. The van der Waals surface area contributed by atoms with Gasteiger partial charge in [-0.05, 0) is 25.2 Å². The maximum atomic E-state index is 5.93. The summed E-state index contributed by atoms with van der Waals surface area (Å²) >= 11 is 5.93. The third-order valence-corrected chi connectivity index (χ3v) is 3.79. The molecule has 1 aromatic heterocycles. The second-order valence-electron chi connectivity index (χ2n) is 5.38. The van der Waals surface area contributed by atoms with Crippen LogP contribution in [0.4, 0.5) is 0 Å². The van der Waals surface area contributed by atoms with E-state index in [2.05, 4.69) is 24.0 Å². The van der Waals surface area contributed by atoms with E-state index in [-0.39, 0.29) is 10.8 Å². The molecule has 0 N–H and O–H groups in total. The highest BCUT2D eigenvalue weighted by Crippen LogP contribution is 2.46. The van der Waals surface area contributed by atoms with Gasteiger partial charge in [0.05, 0.1) is 0 Å². The fourth-order valence-electron chi connectivity index (χ4n) is 2.50. The van der Waals surface area contributed by atoms with Crippen molar-refractivity contribution >= 4 is 11.6 Å². The van der Waals surface area contributed by atoms with Crippen molar-refractivity contribution in [2.24, 2.45) is 5.41 Å². The number of alkyl halides is 1. The maximum absolute atomic E-state index is 5.93. The first-order valence-corrected chi connectivity index (χ1v) is 6.42. The van der Waals surface area contributed by atoms with Gasteiger partial charge in [-0.25, -0.2) is 0 Å². The van der Waals surface area contributed by atoms with Gasteiger partial charge >= 0.3 is 0 Å². The Morgan fingerprint density at radius 1 is 1.38 bits per heavy atom. The molecule has 0 saturated heterocycles. The highest BCUT2D eigenvalue weighted by molar-refractivity contribution is 6.20. The molecule has 2 atom stereocenters. The minimum atomic E-state index is -0.201. The molecule has 90 valence electrons. The zero-order valence-electron chi connectivity index (χ0n) is 10.2. The number of halogens is 1.